The molecule has 1 nitrogen and oxygen atoms in total. The lowest BCUT2D eigenvalue weighted by Gasteiger charge is -2.26. The van der Waals surface area contributed by atoms with Gasteiger partial charge in [0.2, 0.25) is 0 Å². The van der Waals surface area contributed by atoms with Crippen LogP contribution >= 0.6 is 0 Å². The standard InChI is InChI=1S/C8H14BN/c1-10(2)8-5-3-7(9)4-6-8/h3,5,7-8H,4,6H2,1-2H3. The topological polar surface area (TPSA) is 3.24 Å². The van der Waals surface area contributed by atoms with Gasteiger partial charge in [0.25, 0.3) is 0 Å². The number of likely N-dealkylation sites (N-methyl/N-ethyl adjacent to an activating group) is 1. The Morgan fingerprint density at radius 1 is 1.30 bits per heavy atom. The lowest BCUT2D eigenvalue weighted by atomic mass is 9.78. The molecule has 2 heteroatoms. The molecule has 2 atom stereocenters. The van der Waals surface area contributed by atoms with Gasteiger partial charge in [0.1, 0.15) is 0 Å². The second kappa shape index (κ2) is 3.24. The molecule has 2 unspecified atom stereocenters. The molecule has 0 saturated heterocycles. The molecule has 10 heavy (non-hydrogen) atoms. The van der Waals surface area contributed by atoms with E-state index in [9.17, 15) is 0 Å². The molecule has 0 aliphatic heterocycles. The molecule has 0 aromatic heterocycles. The Bertz CT molecular complexity index is 131. The smallest absolute Gasteiger partial charge is 0.0755 e. The van der Waals surface area contributed by atoms with Gasteiger partial charge >= 0.3 is 0 Å². The van der Waals surface area contributed by atoms with Crippen molar-refractivity contribution >= 4 is 7.85 Å². The number of hydrogen-bond donors (Lipinski definition) is 0. The maximum Gasteiger partial charge on any atom is 0.0755 e. The van der Waals surface area contributed by atoms with E-state index in [2.05, 4.69) is 31.1 Å². The molecule has 0 saturated carbocycles. The number of nitrogens with zero attached hydrogens (tertiary/aromatic N) is 1. The van der Waals surface area contributed by atoms with Gasteiger partial charge in [-0.3, -0.25) is 0 Å². The third-order valence-corrected chi connectivity index (χ3v) is 2.04. The van der Waals surface area contributed by atoms with Crippen LogP contribution in [0.15, 0.2) is 12.2 Å². The minimum Gasteiger partial charge on any atom is -0.303 e. The normalized spacial score (nSPS) is 33.1. The number of hydrogen-bond acceptors (Lipinski definition) is 1. The molecule has 0 heterocycles. The minimum absolute atomic E-state index is 0.302. The molecule has 1 rings (SSSR count). The predicted molar refractivity (Wildman–Crippen MR) is 45.4 cm³/mol. The van der Waals surface area contributed by atoms with Crippen molar-refractivity contribution < 1.29 is 0 Å². The van der Waals surface area contributed by atoms with Gasteiger partial charge in [0.15, 0.2) is 0 Å². The Kier molecular flexibility index (Phi) is 2.55. The molecular weight excluding hydrogens is 121 g/mol. The van der Waals surface area contributed by atoms with Crippen molar-refractivity contribution in [2.24, 2.45) is 0 Å². The molecule has 54 valence electrons. The fourth-order valence-corrected chi connectivity index (χ4v) is 1.26. The van der Waals surface area contributed by atoms with Crippen LogP contribution in [0.5, 0.6) is 0 Å². The van der Waals surface area contributed by atoms with Crippen molar-refractivity contribution in [1.82, 2.24) is 4.90 Å². The van der Waals surface area contributed by atoms with Gasteiger partial charge in [0, 0.05) is 6.04 Å². The second-order valence-electron chi connectivity index (χ2n) is 3.16. The molecule has 1 aliphatic rings. The maximum atomic E-state index is 5.69. The molecule has 0 amide bonds. The highest BCUT2D eigenvalue weighted by Crippen LogP contribution is 2.21. The van der Waals surface area contributed by atoms with Gasteiger partial charge in [-0.15, -0.1) is 0 Å². The van der Waals surface area contributed by atoms with Crippen LogP contribution in [-0.2, 0) is 0 Å². The summed E-state index contributed by atoms with van der Waals surface area (Å²) in [6.07, 6.45) is 6.63. The molecule has 0 bridgehead atoms. The van der Waals surface area contributed by atoms with Crippen molar-refractivity contribution in [3.8, 4) is 0 Å². The van der Waals surface area contributed by atoms with Crippen LogP contribution in [0.1, 0.15) is 12.8 Å². The van der Waals surface area contributed by atoms with Crippen molar-refractivity contribution in [2.75, 3.05) is 14.1 Å². The number of rotatable bonds is 1. The van der Waals surface area contributed by atoms with Gasteiger partial charge in [-0.2, -0.15) is 0 Å². The first-order valence-electron chi connectivity index (χ1n) is 3.80. The van der Waals surface area contributed by atoms with Crippen molar-refractivity contribution in [1.29, 1.82) is 0 Å². The van der Waals surface area contributed by atoms with Gasteiger partial charge in [-0.05, 0) is 20.5 Å². The minimum atomic E-state index is 0.302. The third kappa shape index (κ3) is 1.88. The summed E-state index contributed by atoms with van der Waals surface area (Å²) in [6.45, 7) is 0. The first-order valence-corrected chi connectivity index (χ1v) is 3.80. The quantitative estimate of drug-likeness (QED) is 0.386. The lowest BCUT2D eigenvalue weighted by molar-refractivity contribution is 0.316. The second-order valence-corrected chi connectivity index (χ2v) is 3.16. The average Bonchev–Trinajstić information content (AvgIpc) is 1.88. The first kappa shape index (κ1) is 7.87. The molecule has 0 fully saturated rings. The van der Waals surface area contributed by atoms with Crippen LogP contribution < -0.4 is 0 Å². The van der Waals surface area contributed by atoms with Crippen LogP contribution in [-0.4, -0.2) is 32.9 Å². The van der Waals surface area contributed by atoms with Crippen LogP contribution in [0, 0.1) is 0 Å². The Hall–Kier alpha value is -0.235. The summed E-state index contributed by atoms with van der Waals surface area (Å²) in [6, 6.07) is 0.611. The van der Waals surface area contributed by atoms with Crippen LogP contribution in [0.2, 0.25) is 5.82 Å². The summed E-state index contributed by atoms with van der Waals surface area (Å²) < 4.78 is 0. The highest BCUT2D eigenvalue weighted by atomic mass is 15.1. The third-order valence-electron chi connectivity index (χ3n) is 2.04. The van der Waals surface area contributed by atoms with Crippen LogP contribution in [0.3, 0.4) is 0 Å². The van der Waals surface area contributed by atoms with E-state index in [0.29, 0.717) is 11.9 Å². The summed E-state index contributed by atoms with van der Waals surface area (Å²) in [7, 11) is 9.90. The zero-order valence-corrected chi connectivity index (χ0v) is 6.75. The van der Waals surface area contributed by atoms with Crippen molar-refractivity contribution in [2.45, 2.75) is 24.7 Å². The predicted octanol–water partition coefficient (Wildman–Crippen LogP) is 1.22. The van der Waals surface area contributed by atoms with E-state index < -0.39 is 0 Å². The van der Waals surface area contributed by atoms with E-state index >= 15 is 0 Å². The summed E-state index contributed by atoms with van der Waals surface area (Å²) in [4.78, 5) is 2.22. The van der Waals surface area contributed by atoms with E-state index in [4.69, 9.17) is 7.85 Å². The molecule has 2 radical (unpaired) electrons. The summed E-state index contributed by atoms with van der Waals surface area (Å²) in [5.74, 6) is 0.302. The van der Waals surface area contributed by atoms with E-state index in [1.165, 1.54) is 6.42 Å². The Morgan fingerprint density at radius 2 is 2.00 bits per heavy atom. The van der Waals surface area contributed by atoms with E-state index in [-0.39, 0.29) is 0 Å². The first-order chi connectivity index (χ1) is 4.70. The fraction of sp³-hybridized carbons (Fsp3) is 0.750. The van der Waals surface area contributed by atoms with Crippen LogP contribution in [0.25, 0.3) is 0 Å². The van der Waals surface area contributed by atoms with E-state index in [1.807, 2.05) is 0 Å². The van der Waals surface area contributed by atoms with Crippen molar-refractivity contribution in [3.63, 3.8) is 0 Å². The molecule has 0 aromatic rings. The number of allylic oxidation sites excluding steroid dienone is 1. The average molecular weight is 135 g/mol. The zero-order valence-electron chi connectivity index (χ0n) is 6.75. The largest absolute Gasteiger partial charge is 0.303 e. The van der Waals surface area contributed by atoms with E-state index in [1.54, 1.807) is 0 Å². The molecule has 1 aliphatic carbocycles. The van der Waals surface area contributed by atoms with Gasteiger partial charge in [-0.1, -0.05) is 24.4 Å². The van der Waals surface area contributed by atoms with Gasteiger partial charge in [-0.25, -0.2) is 0 Å². The fourth-order valence-electron chi connectivity index (χ4n) is 1.26. The Labute approximate surface area is 64.5 Å². The summed E-state index contributed by atoms with van der Waals surface area (Å²) in [5, 5.41) is 0. The maximum absolute atomic E-state index is 5.69. The molecule has 0 spiro atoms. The van der Waals surface area contributed by atoms with Crippen LogP contribution in [0.4, 0.5) is 0 Å². The summed E-state index contributed by atoms with van der Waals surface area (Å²) >= 11 is 0. The van der Waals surface area contributed by atoms with Crippen molar-refractivity contribution in [3.05, 3.63) is 12.2 Å². The molecule has 0 N–H and O–H groups in total. The van der Waals surface area contributed by atoms with Gasteiger partial charge < -0.3 is 4.90 Å². The zero-order chi connectivity index (χ0) is 7.56. The Morgan fingerprint density at radius 3 is 2.40 bits per heavy atom. The van der Waals surface area contributed by atoms with E-state index in [0.717, 1.165) is 6.42 Å². The lowest BCUT2D eigenvalue weighted by Crippen LogP contribution is -2.27. The summed E-state index contributed by atoms with van der Waals surface area (Å²) in [5.41, 5.74) is 0. The molecular formula is C8H14BN. The Balaban J connectivity index is 2.45. The SMILES string of the molecule is [B]C1C=CC(N(C)C)CC1. The highest BCUT2D eigenvalue weighted by Gasteiger charge is 2.12. The monoisotopic (exact) mass is 135 g/mol. The highest BCUT2D eigenvalue weighted by molar-refractivity contribution is 6.12. The molecule has 0 aromatic carbocycles. The van der Waals surface area contributed by atoms with Gasteiger partial charge in [0.05, 0.1) is 7.85 Å².